The molecule has 0 saturated carbocycles. The summed E-state index contributed by atoms with van der Waals surface area (Å²) in [5.41, 5.74) is 1.71. The molecule has 2 aromatic carbocycles. The molecule has 104 valence electrons. The molecule has 20 heavy (non-hydrogen) atoms. The summed E-state index contributed by atoms with van der Waals surface area (Å²) in [5, 5.41) is 8.70. The zero-order valence-corrected chi connectivity index (χ0v) is 13.0. The molecule has 1 N–H and O–H groups in total. The standard InChI is InChI=1S/C15H13BrO3S/c16-13-5-1-12(2-6-13)10-20(19)14-7-3-11(4-8-14)9-15(17)18/h1-8H,9-10H2,(H,17,18). The fraction of sp³-hybridized carbons (Fsp3) is 0.133. The predicted octanol–water partition coefficient (Wildman–Crippen LogP) is 3.38. The van der Waals surface area contributed by atoms with Crippen LogP contribution in [-0.2, 0) is 27.8 Å². The van der Waals surface area contributed by atoms with E-state index in [1.54, 1.807) is 24.3 Å². The van der Waals surface area contributed by atoms with E-state index in [-0.39, 0.29) is 6.42 Å². The maximum atomic E-state index is 12.2. The van der Waals surface area contributed by atoms with Crippen molar-refractivity contribution in [3.8, 4) is 0 Å². The lowest BCUT2D eigenvalue weighted by atomic mass is 10.2. The van der Waals surface area contributed by atoms with Gasteiger partial charge in [-0.2, -0.15) is 0 Å². The number of hydrogen-bond acceptors (Lipinski definition) is 2. The second-order valence-electron chi connectivity index (χ2n) is 4.33. The van der Waals surface area contributed by atoms with Crippen molar-refractivity contribution >= 4 is 32.7 Å². The minimum Gasteiger partial charge on any atom is -0.481 e. The molecule has 1 unspecified atom stereocenters. The van der Waals surface area contributed by atoms with Crippen LogP contribution in [0.3, 0.4) is 0 Å². The fourth-order valence-corrected chi connectivity index (χ4v) is 3.11. The maximum absolute atomic E-state index is 12.2. The molecular formula is C15H13BrO3S. The van der Waals surface area contributed by atoms with Gasteiger partial charge in [0.05, 0.1) is 23.0 Å². The molecule has 0 heterocycles. The van der Waals surface area contributed by atoms with Crippen LogP contribution in [0.5, 0.6) is 0 Å². The Bertz CT molecular complexity index is 621. The highest BCUT2D eigenvalue weighted by Gasteiger charge is 2.06. The summed E-state index contributed by atoms with van der Waals surface area (Å²) in [4.78, 5) is 11.3. The van der Waals surface area contributed by atoms with Crippen molar-refractivity contribution < 1.29 is 14.1 Å². The normalized spacial score (nSPS) is 12.1. The van der Waals surface area contributed by atoms with E-state index < -0.39 is 16.8 Å². The fourth-order valence-electron chi connectivity index (χ4n) is 1.75. The SMILES string of the molecule is O=C(O)Cc1ccc(S(=O)Cc2ccc(Br)cc2)cc1. The predicted molar refractivity (Wildman–Crippen MR) is 82.0 cm³/mol. The van der Waals surface area contributed by atoms with Crippen molar-refractivity contribution in [1.82, 2.24) is 0 Å². The Morgan fingerprint density at radius 2 is 1.55 bits per heavy atom. The number of hydrogen-bond donors (Lipinski definition) is 1. The molecule has 2 rings (SSSR count). The van der Waals surface area contributed by atoms with Gasteiger partial charge in [-0.1, -0.05) is 40.2 Å². The number of carboxylic acid groups (broad SMARTS) is 1. The van der Waals surface area contributed by atoms with Crippen LogP contribution in [0.1, 0.15) is 11.1 Å². The van der Waals surface area contributed by atoms with Crippen LogP contribution in [0, 0.1) is 0 Å². The van der Waals surface area contributed by atoms with Gasteiger partial charge in [0.1, 0.15) is 0 Å². The van der Waals surface area contributed by atoms with E-state index in [4.69, 9.17) is 5.11 Å². The van der Waals surface area contributed by atoms with Gasteiger partial charge >= 0.3 is 5.97 Å². The second kappa shape index (κ2) is 6.81. The summed E-state index contributed by atoms with van der Waals surface area (Å²) in [7, 11) is -1.12. The Balaban J connectivity index is 2.05. The maximum Gasteiger partial charge on any atom is 0.307 e. The number of halogens is 1. The first-order valence-electron chi connectivity index (χ1n) is 5.98. The van der Waals surface area contributed by atoms with E-state index in [9.17, 15) is 9.00 Å². The smallest absolute Gasteiger partial charge is 0.307 e. The van der Waals surface area contributed by atoms with Crippen LogP contribution in [0.15, 0.2) is 57.9 Å². The Kier molecular flexibility index (Phi) is 5.09. The molecule has 0 bridgehead atoms. The van der Waals surface area contributed by atoms with Gasteiger partial charge in [-0.25, -0.2) is 0 Å². The average molecular weight is 353 g/mol. The first kappa shape index (κ1) is 14.9. The minimum absolute atomic E-state index is 0.0143. The number of aliphatic carboxylic acids is 1. The second-order valence-corrected chi connectivity index (χ2v) is 6.70. The van der Waals surface area contributed by atoms with E-state index in [1.165, 1.54) is 0 Å². The zero-order valence-electron chi connectivity index (χ0n) is 10.6. The third kappa shape index (κ3) is 4.28. The third-order valence-corrected chi connectivity index (χ3v) is 4.67. The van der Waals surface area contributed by atoms with Gasteiger partial charge < -0.3 is 5.11 Å². The van der Waals surface area contributed by atoms with E-state index in [1.807, 2.05) is 24.3 Å². The molecule has 0 amide bonds. The number of carboxylic acids is 1. The quantitative estimate of drug-likeness (QED) is 0.897. The largest absolute Gasteiger partial charge is 0.481 e. The summed E-state index contributed by atoms with van der Waals surface area (Å²) in [6.45, 7) is 0. The van der Waals surface area contributed by atoms with E-state index in [0.29, 0.717) is 16.2 Å². The van der Waals surface area contributed by atoms with E-state index in [0.717, 1.165) is 10.0 Å². The van der Waals surface area contributed by atoms with Crippen LogP contribution < -0.4 is 0 Å². The average Bonchev–Trinajstić information content (AvgIpc) is 2.41. The Labute approximate surface area is 128 Å². The lowest BCUT2D eigenvalue weighted by Gasteiger charge is -2.04. The Hall–Kier alpha value is -1.46. The monoisotopic (exact) mass is 352 g/mol. The van der Waals surface area contributed by atoms with Crippen molar-refractivity contribution in [3.05, 3.63) is 64.1 Å². The number of benzene rings is 2. The molecule has 0 aliphatic carbocycles. The molecular weight excluding hydrogens is 340 g/mol. The van der Waals surface area contributed by atoms with Gasteiger partial charge in [0.2, 0.25) is 0 Å². The molecule has 0 aromatic heterocycles. The summed E-state index contributed by atoms with van der Waals surface area (Å²) >= 11 is 3.36. The minimum atomic E-state index is -1.12. The molecule has 1 atom stereocenters. The molecule has 0 aliphatic heterocycles. The van der Waals surface area contributed by atoms with Crippen molar-refractivity contribution in [3.63, 3.8) is 0 Å². The first-order chi connectivity index (χ1) is 9.54. The highest BCUT2D eigenvalue weighted by molar-refractivity contribution is 9.10. The van der Waals surface area contributed by atoms with Crippen molar-refractivity contribution in [2.45, 2.75) is 17.1 Å². The summed E-state index contributed by atoms with van der Waals surface area (Å²) in [6.07, 6.45) is -0.0143. The topological polar surface area (TPSA) is 54.4 Å². The number of rotatable bonds is 5. The van der Waals surface area contributed by atoms with Crippen molar-refractivity contribution in [2.75, 3.05) is 0 Å². The van der Waals surface area contributed by atoms with Gasteiger partial charge in [-0.15, -0.1) is 0 Å². The molecule has 0 saturated heterocycles. The molecule has 3 nitrogen and oxygen atoms in total. The summed E-state index contributed by atoms with van der Waals surface area (Å²) in [5.74, 6) is -0.417. The summed E-state index contributed by atoms with van der Waals surface area (Å²) in [6, 6.07) is 14.6. The third-order valence-electron chi connectivity index (χ3n) is 2.75. The van der Waals surface area contributed by atoms with Gasteiger partial charge in [0.25, 0.3) is 0 Å². The van der Waals surface area contributed by atoms with Crippen LogP contribution >= 0.6 is 15.9 Å². The lowest BCUT2D eigenvalue weighted by molar-refractivity contribution is -0.136. The summed E-state index contributed by atoms with van der Waals surface area (Å²) < 4.78 is 13.2. The lowest BCUT2D eigenvalue weighted by Crippen LogP contribution is -2.01. The van der Waals surface area contributed by atoms with Gasteiger partial charge in [-0.3, -0.25) is 9.00 Å². The van der Waals surface area contributed by atoms with E-state index >= 15 is 0 Å². The highest BCUT2D eigenvalue weighted by Crippen LogP contribution is 2.16. The van der Waals surface area contributed by atoms with Gasteiger partial charge in [-0.05, 0) is 35.4 Å². The zero-order chi connectivity index (χ0) is 14.5. The molecule has 5 heteroatoms. The van der Waals surface area contributed by atoms with Crippen molar-refractivity contribution in [1.29, 1.82) is 0 Å². The number of carbonyl (C=O) groups is 1. The molecule has 0 aliphatic rings. The first-order valence-corrected chi connectivity index (χ1v) is 8.09. The van der Waals surface area contributed by atoms with Crippen LogP contribution in [0.25, 0.3) is 0 Å². The highest BCUT2D eigenvalue weighted by atomic mass is 79.9. The van der Waals surface area contributed by atoms with Crippen LogP contribution in [0.2, 0.25) is 0 Å². The van der Waals surface area contributed by atoms with Crippen LogP contribution in [0.4, 0.5) is 0 Å². The van der Waals surface area contributed by atoms with Crippen molar-refractivity contribution in [2.24, 2.45) is 0 Å². The molecule has 0 radical (unpaired) electrons. The van der Waals surface area contributed by atoms with E-state index in [2.05, 4.69) is 15.9 Å². The van der Waals surface area contributed by atoms with Gasteiger partial charge in [0, 0.05) is 9.37 Å². The van der Waals surface area contributed by atoms with Gasteiger partial charge in [0.15, 0.2) is 0 Å². The molecule has 0 fully saturated rings. The Morgan fingerprint density at radius 1 is 1.00 bits per heavy atom. The molecule has 0 spiro atoms. The molecule has 2 aromatic rings. The van der Waals surface area contributed by atoms with Crippen LogP contribution in [-0.4, -0.2) is 15.3 Å². The Morgan fingerprint density at radius 3 is 2.10 bits per heavy atom.